The summed E-state index contributed by atoms with van der Waals surface area (Å²) >= 11 is 19.8. The molecule has 0 atom stereocenters. The molecular weight excluding hydrogens is 1050 g/mol. The number of amides is 2. The minimum absolute atomic E-state index is 0.0417. The zero-order valence-corrected chi connectivity index (χ0v) is 49.0. The first-order chi connectivity index (χ1) is 35.2. The van der Waals surface area contributed by atoms with Crippen LogP contribution in [0, 0.1) is 0 Å². The number of likely N-dealkylation sites (N-methyl/N-ethyl adjacent to an activating group) is 2. The van der Waals surface area contributed by atoms with Crippen LogP contribution < -0.4 is 9.47 Å². The summed E-state index contributed by atoms with van der Waals surface area (Å²) in [6.07, 6.45) is 23.3. The van der Waals surface area contributed by atoms with Gasteiger partial charge in [0.1, 0.15) is 42.2 Å². The number of thioether (sulfide) groups is 2. The van der Waals surface area contributed by atoms with Crippen molar-refractivity contribution in [3.63, 3.8) is 0 Å². The summed E-state index contributed by atoms with van der Waals surface area (Å²) < 4.78 is 36.1. The Bertz CT molecular complexity index is 2790. The lowest BCUT2D eigenvalue weighted by Crippen LogP contribution is -2.27. The zero-order chi connectivity index (χ0) is 50.7. The van der Waals surface area contributed by atoms with E-state index < -0.39 is 0 Å². The second-order valence-electron chi connectivity index (χ2n) is 18.4. The highest BCUT2D eigenvalue weighted by Crippen LogP contribution is 2.55. The molecule has 0 radical (unpaired) electrons. The van der Waals surface area contributed by atoms with Crippen LogP contribution in [0.5, 0.6) is 11.5 Å². The predicted octanol–water partition coefficient (Wildman–Crippen LogP) is 16.9. The van der Waals surface area contributed by atoms with Crippen LogP contribution in [-0.2, 0) is 22.4 Å². The van der Waals surface area contributed by atoms with E-state index in [0.717, 1.165) is 166 Å². The maximum Gasteiger partial charge on any atom is 0.266 e. The molecule has 18 heteroatoms. The Hall–Kier alpha value is -3.36. The molecule has 384 valence electrons. The Balaban J connectivity index is 1.38. The Labute approximate surface area is 460 Å². The summed E-state index contributed by atoms with van der Waals surface area (Å²) in [5.41, 5.74) is 7.15. The van der Waals surface area contributed by atoms with Gasteiger partial charge < -0.3 is 9.47 Å². The third-order valence-electron chi connectivity index (χ3n) is 13.3. The fraction of sp³-hybridized carbons (Fsp3) is 0.519. The van der Waals surface area contributed by atoms with Gasteiger partial charge in [0.15, 0.2) is 0 Å². The number of thiocarbonyl (C=S) groups is 2. The van der Waals surface area contributed by atoms with Crippen LogP contribution in [0.2, 0.25) is 0 Å². The average molecular weight is 1120 g/mol. The molecule has 0 aliphatic carbocycles. The topological polar surface area (TPSA) is 111 Å². The van der Waals surface area contributed by atoms with E-state index in [2.05, 4.69) is 52.0 Å². The van der Waals surface area contributed by atoms with E-state index in [9.17, 15) is 9.59 Å². The van der Waals surface area contributed by atoms with Gasteiger partial charge in [-0.05, 0) is 87.8 Å². The molecule has 2 aliphatic heterocycles. The summed E-state index contributed by atoms with van der Waals surface area (Å²) in [5.74, 6) is 1.34. The summed E-state index contributed by atoms with van der Waals surface area (Å²) in [6.45, 7) is 15.0. The van der Waals surface area contributed by atoms with E-state index in [4.69, 9.17) is 51.4 Å². The number of nitrogens with zero attached hydrogens (tertiary/aromatic N) is 6. The van der Waals surface area contributed by atoms with E-state index in [1.165, 1.54) is 70.9 Å². The Morgan fingerprint density at radius 2 is 0.889 bits per heavy atom. The molecule has 10 nitrogen and oxygen atoms in total. The van der Waals surface area contributed by atoms with Crippen molar-refractivity contribution in [3.05, 3.63) is 42.8 Å². The molecule has 8 rings (SSSR count). The number of aryl methyl sites for hydroxylation is 2. The second kappa shape index (κ2) is 26.4. The standard InChI is InChI=1S/C54H66N6O4S8/c1-7-13-17-21-25-33-29-37(67-35(33)31-39-51(61)59(11-5)53(65)69-39)41-45-47(57-71-55-45)44-43(49(41)63-27-23-19-15-9-3)48-46(56-72-58-48)42(50(44)64-28-24-20-16-10-4)38-30-34(26-22-18-14-8-2)36(68-38)32-40-52(62)60(12-6)54(66)70-40/h29-32H,7-28H2,1-6H3/b39-31-,40-32+. The molecule has 0 unspecified atom stereocenters. The number of thiophene rings is 2. The maximum absolute atomic E-state index is 13.6. The smallest absolute Gasteiger partial charge is 0.266 e. The highest BCUT2D eigenvalue weighted by Gasteiger charge is 2.35. The van der Waals surface area contributed by atoms with Crippen molar-refractivity contribution in [2.45, 2.75) is 157 Å². The second-order valence-corrected chi connectivity index (χ2v) is 24.9. The number of hydrogen-bond donors (Lipinski definition) is 0. The van der Waals surface area contributed by atoms with Crippen LogP contribution in [-0.4, -0.2) is 74.1 Å². The first kappa shape index (κ1) is 54.9. The van der Waals surface area contributed by atoms with Gasteiger partial charge in [-0.2, -0.15) is 17.5 Å². The molecule has 0 saturated carbocycles. The van der Waals surface area contributed by atoms with Gasteiger partial charge >= 0.3 is 0 Å². The molecule has 0 bridgehead atoms. The highest BCUT2D eigenvalue weighted by molar-refractivity contribution is 8.27. The van der Waals surface area contributed by atoms with Crippen molar-refractivity contribution in [3.8, 4) is 32.4 Å². The molecule has 2 aromatic carbocycles. The molecular formula is C54H66N6O4S8. The van der Waals surface area contributed by atoms with Crippen LogP contribution in [0.4, 0.5) is 0 Å². The van der Waals surface area contributed by atoms with Gasteiger partial charge in [-0.3, -0.25) is 19.4 Å². The van der Waals surface area contributed by atoms with Crippen molar-refractivity contribution >= 4 is 160 Å². The lowest BCUT2D eigenvalue weighted by Gasteiger charge is -2.19. The van der Waals surface area contributed by atoms with Crippen LogP contribution in [0.3, 0.4) is 0 Å². The summed E-state index contributed by atoms with van der Waals surface area (Å²) in [6, 6.07) is 4.60. The number of unbranched alkanes of at least 4 members (excludes halogenated alkanes) is 12. The molecule has 6 heterocycles. The first-order valence-electron chi connectivity index (χ1n) is 26.1. The normalized spacial score (nSPS) is 15.5. The summed E-state index contributed by atoms with van der Waals surface area (Å²) in [4.78, 5) is 36.1. The number of fused-ring (bicyclic) bond motifs is 5. The minimum atomic E-state index is -0.0417. The number of benzene rings is 2. The minimum Gasteiger partial charge on any atom is -0.492 e. The molecule has 2 fully saturated rings. The van der Waals surface area contributed by atoms with Gasteiger partial charge in [0.2, 0.25) is 0 Å². The molecule has 6 aromatic rings. The van der Waals surface area contributed by atoms with Crippen molar-refractivity contribution in [1.29, 1.82) is 0 Å². The van der Waals surface area contributed by atoms with Crippen LogP contribution in [0.15, 0.2) is 21.9 Å². The monoisotopic (exact) mass is 1120 g/mol. The van der Waals surface area contributed by atoms with Gasteiger partial charge in [0.25, 0.3) is 11.8 Å². The Kier molecular flexibility index (Phi) is 20.1. The Morgan fingerprint density at radius 1 is 0.514 bits per heavy atom. The summed E-state index contributed by atoms with van der Waals surface area (Å²) in [5, 5.41) is 1.67. The van der Waals surface area contributed by atoms with E-state index in [0.29, 0.717) is 56.3 Å². The van der Waals surface area contributed by atoms with E-state index >= 15 is 0 Å². The van der Waals surface area contributed by atoms with Crippen molar-refractivity contribution < 1.29 is 19.1 Å². The zero-order valence-electron chi connectivity index (χ0n) is 42.4. The fourth-order valence-electron chi connectivity index (χ4n) is 9.36. The lowest BCUT2D eigenvalue weighted by molar-refractivity contribution is -0.122. The van der Waals surface area contributed by atoms with Crippen molar-refractivity contribution in [1.82, 2.24) is 27.3 Å². The van der Waals surface area contributed by atoms with Crippen LogP contribution in [0.1, 0.15) is 165 Å². The van der Waals surface area contributed by atoms with Gasteiger partial charge in [0.05, 0.1) is 68.4 Å². The van der Waals surface area contributed by atoms with Crippen LogP contribution >= 0.6 is 94.1 Å². The maximum atomic E-state index is 13.6. The average Bonchev–Trinajstić information content (AvgIpc) is 4.25. The lowest BCUT2D eigenvalue weighted by atomic mass is 9.95. The van der Waals surface area contributed by atoms with Gasteiger partial charge in [0, 0.05) is 32.6 Å². The molecule has 2 aliphatic rings. The molecule has 4 aromatic heterocycles. The van der Waals surface area contributed by atoms with E-state index in [1.807, 2.05) is 13.8 Å². The quantitative estimate of drug-likeness (QED) is 0.0265. The molecule has 2 amide bonds. The predicted molar refractivity (Wildman–Crippen MR) is 319 cm³/mol. The summed E-state index contributed by atoms with van der Waals surface area (Å²) in [7, 11) is 0. The number of rotatable bonds is 28. The molecule has 0 spiro atoms. The fourth-order valence-corrected chi connectivity index (χ4v) is 15.8. The largest absolute Gasteiger partial charge is 0.492 e. The van der Waals surface area contributed by atoms with Gasteiger partial charge in [-0.15, -0.1) is 22.7 Å². The van der Waals surface area contributed by atoms with Gasteiger partial charge in [-0.25, -0.2) is 0 Å². The third kappa shape index (κ3) is 12.0. The molecule has 0 N–H and O–H groups in total. The SMILES string of the molecule is CCCCCCOc1c(-c2cc(CCCCCC)c(/C=C3/SC(=S)N(CC)C3=O)s2)c2nsnc2c2c(OCCCCCC)c(-c3cc(CCCCCC)c(/C=C4\SC(=S)N(CC)C4=O)s3)c3nsnc3c12. The number of carbonyl (C=O) groups excluding carboxylic acids is 2. The highest BCUT2D eigenvalue weighted by atomic mass is 32.2. The van der Waals surface area contributed by atoms with Crippen molar-refractivity contribution in [2.75, 3.05) is 26.3 Å². The number of ether oxygens (including phenoxy) is 2. The van der Waals surface area contributed by atoms with Crippen LogP contribution in [0.25, 0.3) is 65.9 Å². The number of aromatic nitrogens is 4. The first-order valence-corrected chi connectivity index (χ1v) is 31.6. The molecule has 2 saturated heterocycles. The Morgan fingerprint density at radius 3 is 1.25 bits per heavy atom. The molecule has 72 heavy (non-hydrogen) atoms. The number of carbonyl (C=O) groups is 2. The van der Waals surface area contributed by atoms with Gasteiger partial charge in [-0.1, -0.05) is 153 Å². The van der Waals surface area contributed by atoms with E-state index in [-0.39, 0.29) is 11.8 Å². The third-order valence-corrected chi connectivity index (χ3v) is 19.3. The van der Waals surface area contributed by atoms with Crippen molar-refractivity contribution in [2.24, 2.45) is 0 Å². The number of hydrogen-bond acceptors (Lipinski definition) is 16. The van der Waals surface area contributed by atoms with E-state index in [1.54, 1.807) is 32.5 Å².